The highest BCUT2D eigenvalue weighted by atomic mass is 35.5. The van der Waals surface area contributed by atoms with E-state index in [1.165, 1.54) is 5.56 Å². The summed E-state index contributed by atoms with van der Waals surface area (Å²) in [6.45, 7) is 5.15. The number of benzene rings is 1. The molecule has 0 bridgehead atoms. The van der Waals surface area contributed by atoms with Crippen molar-refractivity contribution in [1.82, 2.24) is 9.88 Å². The molecule has 2 heterocycles. The number of aromatic amines is 1. The first-order valence-corrected chi connectivity index (χ1v) is 7.79. The minimum absolute atomic E-state index is 0.378. The van der Waals surface area contributed by atoms with Crippen molar-refractivity contribution in [3.63, 3.8) is 0 Å². The fourth-order valence-electron chi connectivity index (χ4n) is 2.81. The van der Waals surface area contributed by atoms with Gasteiger partial charge in [-0.15, -0.1) is 0 Å². The topological polar surface area (TPSA) is 54.6 Å². The standard InChI is InChI=1S/C16H19ClN2O3/c17-14-7-12-9-15(1-4-22-11-20)18-16(12)13(8-14)10-19-2-5-21-6-3-19/h7-9,11,18H,1-6,10H2. The van der Waals surface area contributed by atoms with Gasteiger partial charge in [-0.05, 0) is 23.8 Å². The molecule has 0 atom stereocenters. The van der Waals surface area contributed by atoms with Crippen LogP contribution < -0.4 is 0 Å². The van der Waals surface area contributed by atoms with Gasteiger partial charge in [-0.3, -0.25) is 9.69 Å². The highest BCUT2D eigenvalue weighted by Gasteiger charge is 2.14. The highest BCUT2D eigenvalue weighted by molar-refractivity contribution is 6.31. The van der Waals surface area contributed by atoms with E-state index in [2.05, 4.69) is 16.0 Å². The van der Waals surface area contributed by atoms with Gasteiger partial charge in [-0.1, -0.05) is 11.6 Å². The molecule has 0 aliphatic carbocycles. The summed E-state index contributed by atoms with van der Waals surface area (Å²) in [6.07, 6.45) is 0.669. The van der Waals surface area contributed by atoms with Crippen molar-refractivity contribution < 1.29 is 14.3 Å². The maximum absolute atomic E-state index is 10.2. The van der Waals surface area contributed by atoms with Crippen LogP contribution in [0.25, 0.3) is 10.9 Å². The van der Waals surface area contributed by atoms with Crippen molar-refractivity contribution in [1.29, 1.82) is 0 Å². The van der Waals surface area contributed by atoms with E-state index in [0.717, 1.165) is 54.5 Å². The average Bonchev–Trinajstić information content (AvgIpc) is 2.91. The predicted molar refractivity (Wildman–Crippen MR) is 85.1 cm³/mol. The highest BCUT2D eigenvalue weighted by Crippen LogP contribution is 2.26. The molecule has 0 radical (unpaired) electrons. The van der Waals surface area contributed by atoms with Crippen LogP contribution in [0.3, 0.4) is 0 Å². The van der Waals surface area contributed by atoms with E-state index in [9.17, 15) is 4.79 Å². The molecule has 3 rings (SSSR count). The molecule has 1 aliphatic rings. The second kappa shape index (κ2) is 7.13. The van der Waals surface area contributed by atoms with Crippen molar-refractivity contribution in [2.45, 2.75) is 13.0 Å². The monoisotopic (exact) mass is 322 g/mol. The molecule has 0 spiro atoms. The van der Waals surface area contributed by atoms with Crippen molar-refractivity contribution in [2.75, 3.05) is 32.9 Å². The summed E-state index contributed by atoms with van der Waals surface area (Å²) >= 11 is 6.25. The van der Waals surface area contributed by atoms with Crippen LogP contribution in [0.1, 0.15) is 11.3 Å². The molecule has 0 amide bonds. The van der Waals surface area contributed by atoms with E-state index in [-0.39, 0.29) is 0 Å². The van der Waals surface area contributed by atoms with E-state index < -0.39 is 0 Å². The van der Waals surface area contributed by atoms with Gasteiger partial charge in [0.25, 0.3) is 6.47 Å². The Kier molecular flexibility index (Phi) is 4.97. The minimum Gasteiger partial charge on any atom is -0.467 e. The normalized spacial score (nSPS) is 16.0. The number of hydrogen-bond donors (Lipinski definition) is 1. The number of morpholine rings is 1. The molecule has 1 aromatic carbocycles. The largest absolute Gasteiger partial charge is 0.467 e. The number of aromatic nitrogens is 1. The van der Waals surface area contributed by atoms with Gasteiger partial charge in [0.1, 0.15) is 0 Å². The first-order chi connectivity index (χ1) is 10.8. The lowest BCUT2D eigenvalue weighted by atomic mass is 10.1. The minimum atomic E-state index is 0.378. The summed E-state index contributed by atoms with van der Waals surface area (Å²) in [4.78, 5) is 16.0. The molecule has 5 nitrogen and oxygen atoms in total. The summed E-state index contributed by atoms with van der Waals surface area (Å²) < 4.78 is 10.1. The Bertz CT molecular complexity index is 650. The zero-order valence-electron chi connectivity index (χ0n) is 12.3. The van der Waals surface area contributed by atoms with Crippen LogP contribution in [0.5, 0.6) is 0 Å². The Morgan fingerprint density at radius 2 is 2.14 bits per heavy atom. The third-order valence-electron chi connectivity index (χ3n) is 3.89. The number of nitrogens with one attached hydrogen (secondary N) is 1. The fraction of sp³-hybridized carbons (Fsp3) is 0.438. The molecular weight excluding hydrogens is 304 g/mol. The van der Waals surface area contributed by atoms with Gasteiger partial charge in [0.2, 0.25) is 0 Å². The molecule has 6 heteroatoms. The molecule has 1 aromatic heterocycles. The lowest BCUT2D eigenvalue weighted by Crippen LogP contribution is -2.35. The van der Waals surface area contributed by atoms with Gasteiger partial charge in [0.05, 0.1) is 25.3 Å². The number of H-pyrrole nitrogens is 1. The first-order valence-electron chi connectivity index (χ1n) is 7.41. The van der Waals surface area contributed by atoms with Gasteiger partial charge in [0, 0.05) is 42.2 Å². The van der Waals surface area contributed by atoms with E-state index in [1.807, 2.05) is 12.1 Å². The van der Waals surface area contributed by atoms with Gasteiger partial charge >= 0.3 is 0 Å². The maximum Gasteiger partial charge on any atom is 0.293 e. The van der Waals surface area contributed by atoms with Gasteiger partial charge in [-0.2, -0.15) is 0 Å². The lowest BCUT2D eigenvalue weighted by molar-refractivity contribution is -0.128. The van der Waals surface area contributed by atoms with Crippen molar-refractivity contribution in [2.24, 2.45) is 0 Å². The summed E-state index contributed by atoms with van der Waals surface area (Å²) in [7, 11) is 0. The predicted octanol–water partition coefficient (Wildman–Crippen LogP) is 2.37. The second-order valence-corrected chi connectivity index (χ2v) is 5.87. The molecule has 118 valence electrons. The van der Waals surface area contributed by atoms with Crippen molar-refractivity contribution in [3.05, 3.63) is 34.5 Å². The maximum atomic E-state index is 10.2. The number of halogens is 1. The summed E-state index contributed by atoms with van der Waals surface area (Å²) in [5.41, 5.74) is 3.34. The zero-order valence-corrected chi connectivity index (χ0v) is 13.1. The van der Waals surface area contributed by atoms with Gasteiger partial charge < -0.3 is 14.5 Å². The molecule has 0 unspecified atom stereocenters. The van der Waals surface area contributed by atoms with Crippen molar-refractivity contribution in [3.8, 4) is 0 Å². The van der Waals surface area contributed by atoms with Crippen LogP contribution in [-0.2, 0) is 27.2 Å². The lowest BCUT2D eigenvalue weighted by Gasteiger charge is -2.26. The second-order valence-electron chi connectivity index (χ2n) is 5.43. The summed E-state index contributed by atoms with van der Waals surface area (Å²) in [6, 6.07) is 6.04. The third-order valence-corrected chi connectivity index (χ3v) is 4.10. The Morgan fingerprint density at radius 3 is 2.91 bits per heavy atom. The number of carbonyl (C=O) groups is 1. The first kappa shape index (κ1) is 15.3. The van der Waals surface area contributed by atoms with E-state index in [1.54, 1.807) is 0 Å². The van der Waals surface area contributed by atoms with Gasteiger partial charge in [-0.25, -0.2) is 0 Å². The number of nitrogens with zero attached hydrogens (tertiary/aromatic N) is 1. The molecule has 2 aromatic rings. The van der Waals surface area contributed by atoms with Gasteiger partial charge in [0.15, 0.2) is 0 Å². The van der Waals surface area contributed by atoms with Crippen LogP contribution in [0.2, 0.25) is 5.02 Å². The Morgan fingerprint density at radius 1 is 1.32 bits per heavy atom. The molecule has 1 saturated heterocycles. The quantitative estimate of drug-likeness (QED) is 0.655. The Balaban J connectivity index is 1.82. The summed E-state index contributed by atoms with van der Waals surface area (Å²) in [5.74, 6) is 0. The van der Waals surface area contributed by atoms with Crippen LogP contribution >= 0.6 is 11.6 Å². The smallest absolute Gasteiger partial charge is 0.293 e. The average molecular weight is 323 g/mol. The molecule has 22 heavy (non-hydrogen) atoms. The third kappa shape index (κ3) is 3.61. The van der Waals surface area contributed by atoms with Crippen LogP contribution in [0.4, 0.5) is 0 Å². The number of ether oxygens (including phenoxy) is 2. The van der Waals surface area contributed by atoms with Crippen LogP contribution in [-0.4, -0.2) is 49.3 Å². The van der Waals surface area contributed by atoms with E-state index in [0.29, 0.717) is 19.5 Å². The van der Waals surface area contributed by atoms with Crippen LogP contribution in [0, 0.1) is 0 Å². The SMILES string of the molecule is O=COCCc1cc2cc(Cl)cc(CN3CCOCC3)c2[nH]1. The summed E-state index contributed by atoms with van der Waals surface area (Å²) in [5, 5.41) is 1.84. The number of hydrogen-bond acceptors (Lipinski definition) is 4. The van der Waals surface area contributed by atoms with Crippen LogP contribution in [0.15, 0.2) is 18.2 Å². The van der Waals surface area contributed by atoms with E-state index >= 15 is 0 Å². The Labute approximate surface area is 134 Å². The zero-order chi connectivity index (χ0) is 15.4. The number of carbonyl (C=O) groups excluding carboxylic acids is 1. The molecule has 1 fully saturated rings. The molecular formula is C16H19ClN2O3. The van der Waals surface area contributed by atoms with E-state index in [4.69, 9.17) is 21.1 Å². The Hall–Kier alpha value is -1.56. The molecule has 1 aliphatic heterocycles. The number of rotatable bonds is 6. The fourth-order valence-corrected chi connectivity index (χ4v) is 3.06. The molecule has 1 N–H and O–H groups in total. The molecule has 0 saturated carbocycles. The number of fused-ring (bicyclic) bond motifs is 1. The van der Waals surface area contributed by atoms with Crippen molar-refractivity contribution >= 4 is 29.0 Å².